The van der Waals surface area contributed by atoms with Crippen molar-refractivity contribution in [2.45, 2.75) is 32.4 Å². The Kier molecular flexibility index (Phi) is 4.25. The molecule has 3 aromatic rings. The lowest BCUT2D eigenvalue weighted by atomic mass is 10.0. The minimum absolute atomic E-state index is 0.0920. The second-order valence-corrected chi connectivity index (χ2v) is 7.40. The zero-order valence-corrected chi connectivity index (χ0v) is 15.8. The van der Waals surface area contributed by atoms with Crippen molar-refractivity contribution in [3.63, 3.8) is 0 Å². The van der Waals surface area contributed by atoms with Gasteiger partial charge in [0, 0.05) is 17.0 Å². The van der Waals surface area contributed by atoms with Gasteiger partial charge in [0.05, 0.1) is 12.7 Å². The predicted molar refractivity (Wildman–Crippen MR) is 106 cm³/mol. The molecule has 2 aromatic carbocycles. The van der Waals surface area contributed by atoms with Gasteiger partial charge in [0.1, 0.15) is 12.3 Å². The van der Waals surface area contributed by atoms with E-state index in [9.17, 15) is 0 Å². The molecule has 0 spiro atoms. The minimum Gasteiger partial charge on any atom is -0.486 e. The van der Waals surface area contributed by atoms with Crippen molar-refractivity contribution in [3.05, 3.63) is 59.8 Å². The van der Waals surface area contributed by atoms with E-state index >= 15 is 0 Å². The zero-order chi connectivity index (χ0) is 18.9. The van der Waals surface area contributed by atoms with Crippen LogP contribution in [0.2, 0.25) is 0 Å². The van der Waals surface area contributed by atoms with E-state index < -0.39 is 0 Å². The summed E-state index contributed by atoms with van der Waals surface area (Å²) in [5.41, 5.74) is 4.15. The number of nitrogens with zero attached hydrogens (tertiary/aromatic N) is 3. The Morgan fingerprint density at radius 1 is 1.14 bits per heavy atom. The number of aryl methyl sites for hydroxylation is 1. The molecule has 1 saturated carbocycles. The summed E-state index contributed by atoms with van der Waals surface area (Å²) in [5.74, 6) is 8.76. The maximum atomic E-state index is 6.01. The Balaban J connectivity index is 1.29. The summed E-state index contributed by atoms with van der Waals surface area (Å²) >= 11 is 0. The Hall–Kier alpha value is -3.26. The average Bonchev–Trinajstić information content (AvgIpc) is 3.44. The van der Waals surface area contributed by atoms with Crippen LogP contribution in [-0.4, -0.2) is 27.7 Å². The van der Waals surface area contributed by atoms with Crippen LogP contribution in [0.5, 0.6) is 11.5 Å². The number of hydrogen-bond acceptors (Lipinski definition) is 4. The molecule has 2 aliphatic rings. The molecule has 0 radical (unpaired) electrons. The van der Waals surface area contributed by atoms with Crippen LogP contribution in [0, 0.1) is 24.7 Å². The Bertz CT molecular complexity index is 1070. The van der Waals surface area contributed by atoms with Gasteiger partial charge in [-0.2, -0.15) is 0 Å². The lowest BCUT2D eigenvalue weighted by Crippen LogP contribution is -2.33. The van der Waals surface area contributed by atoms with E-state index in [1.54, 1.807) is 0 Å². The second-order valence-electron chi connectivity index (χ2n) is 7.40. The molecule has 1 aliphatic carbocycles. The molecule has 0 unspecified atom stereocenters. The minimum atomic E-state index is -0.0920. The van der Waals surface area contributed by atoms with Crippen molar-refractivity contribution in [1.29, 1.82) is 0 Å². The van der Waals surface area contributed by atoms with Crippen LogP contribution in [0.4, 0.5) is 0 Å². The quantitative estimate of drug-likeness (QED) is 0.656. The third-order valence-corrected chi connectivity index (χ3v) is 5.00. The van der Waals surface area contributed by atoms with Crippen LogP contribution in [0.1, 0.15) is 24.0 Å². The fourth-order valence-corrected chi connectivity index (χ4v) is 3.31. The first-order valence-electron chi connectivity index (χ1n) is 9.66. The highest BCUT2D eigenvalue weighted by atomic mass is 16.6. The predicted octanol–water partition coefficient (Wildman–Crippen LogP) is 3.86. The summed E-state index contributed by atoms with van der Waals surface area (Å²) in [6.45, 7) is 3.18. The van der Waals surface area contributed by atoms with Crippen LogP contribution in [-0.2, 0) is 6.54 Å². The summed E-state index contributed by atoms with van der Waals surface area (Å²) in [7, 11) is 0. The molecule has 0 bridgehead atoms. The number of benzene rings is 2. The van der Waals surface area contributed by atoms with Crippen LogP contribution < -0.4 is 9.47 Å². The van der Waals surface area contributed by atoms with Crippen LogP contribution in [0.15, 0.2) is 48.7 Å². The summed E-state index contributed by atoms with van der Waals surface area (Å²) in [4.78, 5) is 0. The van der Waals surface area contributed by atoms with Crippen LogP contribution >= 0.6 is 0 Å². The topological polar surface area (TPSA) is 49.2 Å². The van der Waals surface area contributed by atoms with E-state index in [2.05, 4.69) is 47.3 Å². The highest BCUT2D eigenvalue weighted by Gasteiger charge is 2.22. The van der Waals surface area contributed by atoms with Crippen molar-refractivity contribution in [2.75, 3.05) is 6.61 Å². The van der Waals surface area contributed by atoms with Crippen LogP contribution in [0.3, 0.4) is 0 Å². The Morgan fingerprint density at radius 3 is 2.82 bits per heavy atom. The molecule has 5 rings (SSSR count). The van der Waals surface area contributed by atoms with E-state index in [0.717, 1.165) is 33.9 Å². The average molecular weight is 371 g/mol. The van der Waals surface area contributed by atoms with Gasteiger partial charge in [-0.1, -0.05) is 35.3 Å². The molecule has 5 heteroatoms. The molecule has 1 fully saturated rings. The highest BCUT2D eigenvalue weighted by molar-refractivity contribution is 5.64. The van der Waals surface area contributed by atoms with Gasteiger partial charge in [-0.3, -0.25) is 0 Å². The van der Waals surface area contributed by atoms with E-state index in [4.69, 9.17) is 9.47 Å². The van der Waals surface area contributed by atoms with Crippen molar-refractivity contribution in [2.24, 2.45) is 5.92 Å². The van der Waals surface area contributed by atoms with Gasteiger partial charge < -0.3 is 9.47 Å². The largest absolute Gasteiger partial charge is 0.486 e. The fourth-order valence-electron chi connectivity index (χ4n) is 3.31. The number of aromatic nitrogens is 3. The Morgan fingerprint density at radius 2 is 2.00 bits per heavy atom. The van der Waals surface area contributed by atoms with Gasteiger partial charge in [0.25, 0.3) is 0 Å². The van der Waals surface area contributed by atoms with E-state index in [1.165, 1.54) is 12.8 Å². The number of hydrogen-bond donors (Lipinski definition) is 0. The Labute approximate surface area is 164 Å². The van der Waals surface area contributed by atoms with Crippen molar-refractivity contribution in [1.82, 2.24) is 15.0 Å². The van der Waals surface area contributed by atoms with Crippen molar-refractivity contribution >= 4 is 0 Å². The molecule has 1 aromatic heterocycles. The molecule has 2 heterocycles. The van der Waals surface area contributed by atoms with E-state index in [-0.39, 0.29) is 6.10 Å². The SMILES string of the molecule is Cc1cc(C#CC2CC2)ccc1-c1cn(C[C@H]2COc3ccccc3O2)nn1. The lowest BCUT2D eigenvalue weighted by molar-refractivity contribution is 0.0755. The molecule has 140 valence electrons. The molecule has 0 saturated heterocycles. The molecule has 0 amide bonds. The summed E-state index contributed by atoms with van der Waals surface area (Å²) in [5, 5.41) is 8.63. The van der Waals surface area contributed by atoms with Gasteiger partial charge in [-0.25, -0.2) is 4.68 Å². The summed E-state index contributed by atoms with van der Waals surface area (Å²) in [6.07, 6.45) is 4.36. The molecular weight excluding hydrogens is 350 g/mol. The van der Waals surface area contributed by atoms with E-state index in [0.29, 0.717) is 19.1 Å². The zero-order valence-electron chi connectivity index (χ0n) is 15.8. The smallest absolute Gasteiger partial charge is 0.161 e. The maximum Gasteiger partial charge on any atom is 0.161 e. The summed E-state index contributed by atoms with van der Waals surface area (Å²) in [6, 6.07) is 14.0. The maximum absolute atomic E-state index is 6.01. The highest BCUT2D eigenvalue weighted by Crippen LogP contribution is 2.31. The molecule has 5 nitrogen and oxygen atoms in total. The first kappa shape index (κ1) is 16.9. The van der Waals surface area contributed by atoms with E-state index in [1.807, 2.05) is 35.1 Å². The monoisotopic (exact) mass is 371 g/mol. The van der Waals surface area contributed by atoms with Gasteiger partial charge >= 0.3 is 0 Å². The van der Waals surface area contributed by atoms with Gasteiger partial charge in [-0.15, -0.1) is 5.10 Å². The van der Waals surface area contributed by atoms with Crippen molar-refractivity contribution in [3.8, 4) is 34.6 Å². The number of rotatable bonds is 3. The third kappa shape index (κ3) is 3.59. The standard InChI is InChI=1S/C23H21N3O2/c1-16-12-18(9-8-17-6-7-17)10-11-20(16)21-14-26(25-24-21)13-19-15-27-22-4-2-3-5-23(22)28-19/h2-5,10-12,14,17,19H,6-7,13,15H2,1H3/t19-/m0/s1. The first-order chi connectivity index (χ1) is 13.7. The molecule has 0 N–H and O–H groups in total. The molecule has 1 atom stereocenters. The van der Waals surface area contributed by atoms with Gasteiger partial charge in [0.15, 0.2) is 17.6 Å². The number of fused-ring (bicyclic) bond motifs is 1. The lowest BCUT2D eigenvalue weighted by Gasteiger charge is -2.26. The summed E-state index contributed by atoms with van der Waals surface area (Å²) < 4.78 is 13.6. The molecule has 1 aliphatic heterocycles. The molecular formula is C23H21N3O2. The van der Waals surface area contributed by atoms with Gasteiger partial charge in [-0.05, 0) is 49.6 Å². The number of ether oxygens (including phenoxy) is 2. The normalized spacial score (nSPS) is 17.7. The molecule has 28 heavy (non-hydrogen) atoms. The third-order valence-electron chi connectivity index (χ3n) is 5.00. The number of para-hydroxylation sites is 2. The fraction of sp³-hybridized carbons (Fsp3) is 0.304. The first-order valence-corrected chi connectivity index (χ1v) is 9.66. The van der Waals surface area contributed by atoms with Crippen molar-refractivity contribution < 1.29 is 9.47 Å². The van der Waals surface area contributed by atoms with Gasteiger partial charge in [0.2, 0.25) is 0 Å². The second kappa shape index (κ2) is 7.05. The van der Waals surface area contributed by atoms with Crippen LogP contribution in [0.25, 0.3) is 11.3 Å².